The van der Waals surface area contributed by atoms with Crippen molar-refractivity contribution in [1.82, 2.24) is 4.98 Å². The van der Waals surface area contributed by atoms with E-state index >= 15 is 0 Å². The van der Waals surface area contributed by atoms with Crippen molar-refractivity contribution in [2.45, 2.75) is 0 Å². The number of halogens is 2. The van der Waals surface area contributed by atoms with E-state index in [2.05, 4.69) is 9.72 Å². The highest BCUT2D eigenvalue weighted by Gasteiger charge is 1.97. The Morgan fingerprint density at radius 3 is 2.70 bits per heavy atom. The molecule has 0 N–H and O–H groups in total. The average Bonchev–Trinajstić information content (AvgIpc) is 1.89. The third-order valence-corrected chi connectivity index (χ3v) is 0.918. The first-order valence-corrected chi connectivity index (χ1v) is 2.49. The average molecular weight is 164 g/mol. The molecule has 0 aliphatic heterocycles. The predicted molar refractivity (Wildman–Crippen MR) is 38.0 cm³/mol. The largest absolute Gasteiger partial charge is 0.479 e. The summed E-state index contributed by atoms with van der Waals surface area (Å²) in [5.41, 5.74) is 0. The molecule has 0 saturated carbocycles. The molecule has 0 amide bonds. The zero-order chi connectivity index (χ0) is 6.69. The van der Waals surface area contributed by atoms with Crippen LogP contribution < -0.4 is 4.74 Å². The van der Waals surface area contributed by atoms with Gasteiger partial charge in [0.15, 0.2) is 5.82 Å². The van der Waals surface area contributed by atoms with Crippen LogP contribution in [0.25, 0.3) is 0 Å². The summed E-state index contributed by atoms with van der Waals surface area (Å²) < 4.78 is 17.0. The van der Waals surface area contributed by atoms with E-state index in [9.17, 15) is 4.39 Å². The van der Waals surface area contributed by atoms with Gasteiger partial charge in [0.05, 0.1) is 7.11 Å². The monoisotopic (exact) mass is 163 g/mol. The topological polar surface area (TPSA) is 22.1 Å². The molecule has 1 aromatic heterocycles. The van der Waals surface area contributed by atoms with Crippen molar-refractivity contribution in [3.63, 3.8) is 0 Å². The van der Waals surface area contributed by atoms with E-state index in [0.717, 1.165) is 0 Å². The van der Waals surface area contributed by atoms with E-state index in [1.807, 2.05) is 0 Å². The van der Waals surface area contributed by atoms with Crippen molar-refractivity contribution in [3.05, 3.63) is 24.1 Å². The van der Waals surface area contributed by atoms with Gasteiger partial charge in [-0.2, -0.15) is 0 Å². The smallest absolute Gasteiger partial charge is 0.250 e. The summed E-state index contributed by atoms with van der Waals surface area (Å²) in [6.07, 6.45) is 1.47. The van der Waals surface area contributed by atoms with Crippen molar-refractivity contribution in [1.29, 1.82) is 0 Å². The molecule has 1 heterocycles. The number of aromatic nitrogens is 1. The van der Waals surface area contributed by atoms with Gasteiger partial charge in [0.1, 0.15) is 0 Å². The quantitative estimate of drug-likeness (QED) is 0.628. The maximum absolute atomic E-state index is 12.4. The Balaban J connectivity index is 0.000000810. The van der Waals surface area contributed by atoms with Crippen LogP contribution in [0.2, 0.25) is 0 Å². The number of hydrogen-bond donors (Lipinski definition) is 0. The number of nitrogens with zero attached hydrogens (tertiary/aromatic N) is 1. The van der Waals surface area contributed by atoms with Gasteiger partial charge in [-0.15, -0.1) is 12.4 Å². The van der Waals surface area contributed by atoms with E-state index in [-0.39, 0.29) is 18.3 Å². The lowest BCUT2D eigenvalue weighted by molar-refractivity contribution is 0.369. The number of pyridine rings is 1. The zero-order valence-corrected chi connectivity index (χ0v) is 6.19. The lowest BCUT2D eigenvalue weighted by Crippen LogP contribution is -1.89. The van der Waals surface area contributed by atoms with Gasteiger partial charge in [-0.3, -0.25) is 0 Å². The van der Waals surface area contributed by atoms with E-state index in [0.29, 0.717) is 0 Å². The van der Waals surface area contributed by atoms with Gasteiger partial charge >= 0.3 is 0 Å². The summed E-state index contributed by atoms with van der Waals surface area (Å²) >= 11 is 0. The van der Waals surface area contributed by atoms with Crippen molar-refractivity contribution in [3.8, 4) is 5.88 Å². The van der Waals surface area contributed by atoms with Gasteiger partial charge in [0.2, 0.25) is 5.88 Å². The van der Waals surface area contributed by atoms with Crippen LogP contribution in [0.4, 0.5) is 4.39 Å². The summed E-state index contributed by atoms with van der Waals surface area (Å²) in [4.78, 5) is 3.60. The first kappa shape index (κ1) is 9.17. The van der Waals surface area contributed by atoms with E-state index in [4.69, 9.17) is 0 Å². The molecule has 0 saturated heterocycles. The maximum Gasteiger partial charge on any atom is 0.250 e. The third kappa shape index (κ3) is 1.84. The summed E-state index contributed by atoms with van der Waals surface area (Å²) in [5, 5.41) is 0. The molecule has 0 aromatic carbocycles. The molecule has 10 heavy (non-hydrogen) atoms. The minimum atomic E-state index is -0.431. The van der Waals surface area contributed by atoms with Gasteiger partial charge in [-0.1, -0.05) is 0 Å². The molecule has 0 spiro atoms. The van der Waals surface area contributed by atoms with E-state index in [1.165, 1.54) is 25.4 Å². The zero-order valence-electron chi connectivity index (χ0n) is 5.37. The Hall–Kier alpha value is -0.830. The standard InChI is InChI=1S/C6H6FNO.ClH/c1-9-6-5(7)3-2-4-8-6;/h2-4H,1H3;1H. The molecule has 0 unspecified atom stereocenters. The second-order valence-corrected chi connectivity index (χ2v) is 1.49. The molecule has 4 heteroatoms. The molecule has 0 atom stereocenters. The summed E-state index contributed by atoms with van der Waals surface area (Å²) in [5.74, 6) is -0.391. The number of methoxy groups -OCH3 is 1. The Morgan fingerprint density at radius 2 is 2.30 bits per heavy atom. The van der Waals surface area contributed by atoms with Gasteiger partial charge in [-0.05, 0) is 12.1 Å². The highest BCUT2D eigenvalue weighted by Crippen LogP contribution is 2.09. The van der Waals surface area contributed by atoms with Crippen LogP contribution in [0.5, 0.6) is 5.88 Å². The van der Waals surface area contributed by atoms with Crippen LogP contribution in [0, 0.1) is 5.82 Å². The first-order valence-electron chi connectivity index (χ1n) is 2.49. The molecule has 1 rings (SSSR count). The predicted octanol–water partition coefficient (Wildman–Crippen LogP) is 1.65. The Morgan fingerprint density at radius 1 is 1.60 bits per heavy atom. The van der Waals surface area contributed by atoms with Crippen LogP contribution >= 0.6 is 12.4 Å². The fraction of sp³-hybridized carbons (Fsp3) is 0.167. The Bertz CT molecular complexity index is 207. The minimum Gasteiger partial charge on any atom is -0.479 e. The number of rotatable bonds is 1. The van der Waals surface area contributed by atoms with Crippen molar-refractivity contribution in [2.24, 2.45) is 0 Å². The van der Waals surface area contributed by atoms with Crippen molar-refractivity contribution >= 4 is 12.4 Å². The van der Waals surface area contributed by atoms with Crippen LogP contribution in [0.1, 0.15) is 0 Å². The molecule has 0 aliphatic carbocycles. The maximum atomic E-state index is 12.4. The molecule has 0 radical (unpaired) electrons. The normalized spacial score (nSPS) is 8.20. The summed E-state index contributed by atoms with van der Waals surface area (Å²) in [6, 6.07) is 2.81. The molecule has 1 aromatic rings. The lowest BCUT2D eigenvalue weighted by Gasteiger charge is -1.95. The number of ether oxygens (including phenoxy) is 1. The van der Waals surface area contributed by atoms with Gasteiger partial charge in [0.25, 0.3) is 0 Å². The van der Waals surface area contributed by atoms with Crippen molar-refractivity contribution < 1.29 is 9.13 Å². The van der Waals surface area contributed by atoms with Gasteiger partial charge < -0.3 is 4.74 Å². The lowest BCUT2D eigenvalue weighted by atomic mass is 10.5. The number of hydrogen-bond acceptors (Lipinski definition) is 2. The molecular weight excluding hydrogens is 157 g/mol. The summed E-state index contributed by atoms with van der Waals surface area (Å²) in [7, 11) is 1.38. The van der Waals surface area contributed by atoms with Crippen molar-refractivity contribution in [2.75, 3.05) is 7.11 Å². The fourth-order valence-corrected chi connectivity index (χ4v) is 0.521. The highest BCUT2D eigenvalue weighted by molar-refractivity contribution is 5.85. The van der Waals surface area contributed by atoms with Crippen LogP contribution in [0.15, 0.2) is 18.3 Å². The second kappa shape index (κ2) is 4.06. The molecule has 0 aliphatic rings. The summed E-state index contributed by atoms with van der Waals surface area (Å²) in [6.45, 7) is 0. The first-order chi connectivity index (χ1) is 4.34. The van der Waals surface area contributed by atoms with E-state index in [1.54, 1.807) is 0 Å². The van der Waals surface area contributed by atoms with Gasteiger partial charge in [0, 0.05) is 6.20 Å². The molecular formula is C6H7ClFNO. The molecule has 2 nitrogen and oxygen atoms in total. The second-order valence-electron chi connectivity index (χ2n) is 1.49. The Kier molecular flexibility index (Phi) is 3.72. The minimum absolute atomic E-state index is 0. The third-order valence-electron chi connectivity index (χ3n) is 0.918. The van der Waals surface area contributed by atoms with Crippen LogP contribution in [0.3, 0.4) is 0 Å². The van der Waals surface area contributed by atoms with Crippen LogP contribution in [-0.4, -0.2) is 12.1 Å². The molecule has 0 bridgehead atoms. The highest BCUT2D eigenvalue weighted by atomic mass is 35.5. The van der Waals surface area contributed by atoms with Gasteiger partial charge in [-0.25, -0.2) is 9.37 Å². The fourth-order valence-electron chi connectivity index (χ4n) is 0.521. The van der Waals surface area contributed by atoms with E-state index < -0.39 is 5.82 Å². The SMILES string of the molecule is COc1ncccc1F.Cl. The van der Waals surface area contributed by atoms with Crippen LogP contribution in [-0.2, 0) is 0 Å². The molecule has 56 valence electrons. The molecule has 0 fully saturated rings. The Labute approximate surface area is 64.4 Å².